The first-order chi connectivity index (χ1) is 9.70. The van der Waals surface area contributed by atoms with E-state index in [4.69, 9.17) is 4.74 Å². The molecular weight excluding hydrogens is 320 g/mol. The molecule has 2 N–H and O–H groups in total. The van der Waals surface area contributed by atoms with Gasteiger partial charge in [-0.1, -0.05) is 24.3 Å². The number of hydrogen-bond acceptors (Lipinski definition) is 3. The van der Waals surface area contributed by atoms with E-state index in [9.17, 15) is 4.79 Å². The smallest absolute Gasteiger partial charge is 0.243 e. The Labute approximate surface area is 126 Å². The standard InChI is InChI=1S/C15H15BrN2O2/c1-20-14-9-5-4-8-13(14)18-15(19)10-17-12-7-3-2-6-11(12)16/h2-9,17H,10H2,1H3,(H,18,19). The van der Waals surface area contributed by atoms with Crippen molar-refractivity contribution in [3.8, 4) is 5.75 Å². The number of benzene rings is 2. The van der Waals surface area contributed by atoms with E-state index in [1.54, 1.807) is 19.2 Å². The van der Waals surface area contributed by atoms with Gasteiger partial charge in [0.15, 0.2) is 0 Å². The minimum atomic E-state index is -0.134. The molecule has 0 aromatic heterocycles. The van der Waals surface area contributed by atoms with Crippen molar-refractivity contribution in [2.45, 2.75) is 0 Å². The van der Waals surface area contributed by atoms with E-state index >= 15 is 0 Å². The Morgan fingerprint density at radius 3 is 2.45 bits per heavy atom. The van der Waals surface area contributed by atoms with E-state index in [0.29, 0.717) is 11.4 Å². The Kier molecular flexibility index (Phi) is 5.01. The van der Waals surface area contributed by atoms with Crippen molar-refractivity contribution in [2.75, 3.05) is 24.3 Å². The predicted octanol–water partition coefficient (Wildman–Crippen LogP) is 3.51. The van der Waals surface area contributed by atoms with Gasteiger partial charge in [0.25, 0.3) is 0 Å². The third kappa shape index (κ3) is 3.74. The summed E-state index contributed by atoms with van der Waals surface area (Å²) in [7, 11) is 1.57. The summed E-state index contributed by atoms with van der Waals surface area (Å²) in [5, 5.41) is 5.88. The molecule has 2 aromatic carbocycles. The van der Waals surface area contributed by atoms with Crippen LogP contribution in [0.15, 0.2) is 53.0 Å². The van der Waals surface area contributed by atoms with Gasteiger partial charge in [0, 0.05) is 10.2 Å². The van der Waals surface area contributed by atoms with Crippen LogP contribution in [0.25, 0.3) is 0 Å². The second-order valence-electron chi connectivity index (χ2n) is 4.08. The van der Waals surface area contributed by atoms with Gasteiger partial charge < -0.3 is 15.4 Å². The topological polar surface area (TPSA) is 50.4 Å². The maximum Gasteiger partial charge on any atom is 0.243 e. The Morgan fingerprint density at radius 1 is 1.10 bits per heavy atom. The maximum atomic E-state index is 11.9. The average molecular weight is 335 g/mol. The minimum Gasteiger partial charge on any atom is -0.495 e. The molecule has 0 radical (unpaired) electrons. The molecule has 0 aliphatic carbocycles. The lowest BCUT2D eigenvalue weighted by molar-refractivity contribution is -0.114. The molecule has 104 valence electrons. The number of carbonyl (C=O) groups excluding carboxylic acids is 1. The van der Waals surface area contributed by atoms with Crippen molar-refractivity contribution in [1.82, 2.24) is 0 Å². The largest absolute Gasteiger partial charge is 0.495 e. The molecule has 0 unspecified atom stereocenters. The number of amides is 1. The van der Waals surface area contributed by atoms with Crippen molar-refractivity contribution in [1.29, 1.82) is 0 Å². The number of rotatable bonds is 5. The summed E-state index contributed by atoms with van der Waals surface area (Å²) in [6.07, 6.45) is 0. The normalized spacial score (nSPS) is 9.90. The Morgan fingerprint density at radius 2 is 1.75 bits per heavy atom. The lowest BCUT2D eigenvalue weighted by Gasteiger charge is -2.11. The van der Waals surface area contributed by atoms with E-state index in [2.05, 4.69) is 26.6 Å². The van der Waals surface area contributed by atoms with Crippen LogP contribution in [0.1, 0.15) is 0 Å². The van der Waals surface area contributed by atoms with Gasteiger partial charge in [-0.25, -0.2) is 0 Å². The molecule has 2 aromatic rings. The van der Waals surface area contributed by atoms with Crippen LogP contribution in [0.4, 0.5) is 11.4 Å². The summed E-state index contributed by atoms with van der Waals surface area (Å²) in [5.41, 5.74) is 1.54. The van der Waals surface area contributed by atoms with Crippen LogP contribution >= 0.6 is 15.9 Å². The Balaban J connectivity index is 1.95. The molecule has 5 heteroatoms. The van der Waals surface area contributed by atoms with Gasteiger partial charge in [-0.05, 0) is 40.2 Å². The number of halogens is 1. The second-order valence-corrected chi connectivity index (χ2v) is 4.94. The number of carbonyl (C=O) groups is 1. The number of hydrogen-bond donors (Lipinski definition) is 2. The Bertz CT molecular complexity index is 602. The molecular formula is C15H15BrN2O2. The zero-order valence-electron chi connectivity index (χ0n) is 11.0. The summed E-state index contributed by atoms with van der Waals surface area (Å²) < 4.78 is 6.11. The molecule has 0 fully saturated rings. The number of methoxy groups -OCH3 is 1. The van der Waals surface area contributed by atoms with E-state index in [-0.39, 0.29) is 12.5 Å². The van der Waals surface area contributed by atoms with Crippen molar-refractivity contribution in [3.63, 3.8) is 0 Å². The second kappa shape index (κ2) is 6.96. The van der Waals surface area contributed by atoms with Gasteiger partial charge >= 0.3 is 0 Å². The zero-order chi connectivity index (χ0) is 14.4. The fourth-order valence-corrected chi connectivity index (χ4v) is 2.15. The number of anilines is 2. The van der Waals surface area contributed by atoms with Crippen LogP contribution in [0.2, 0.25) is 0 Å². The number of ether oxygens (including phenoxy) is 1. The summed E-state index contributed by atoms with van der Waals surface area (Å²) in [4.78, 5) is 11.9. The van der Waals surface area contributed by atoms with Gasteiger partial charge in [-0.2, -0.15) is 0 Å². The fourth-order valence-electron chi connectivity index (χ4n) is 1.72. The summed E-state index contributed by atoms with van der Waals surface area (Å²) in [6.45, 7) is 0.181. The van der Waals surface area contributed by atoms with Crippen molar-refractivity contribution >= 4 is 33.2 Å². The summed E-state index contributed by atoms with van der Waals surface area (Å²) in [6, 6.07) is 15.0. The summed E-state index contributed by atoms with van der Waals surface area (Å²) >= 11 is 3.42. The maximum absolute atomic E-state index is 11.9. The van der Waals surface area contributed by atoms with E-state index in [1.165, 1.54) is 0 Å². The molecule has 20 heavy (non-hydrogen) atoms. The van der Waals surface area contributed by atoms with Crippen LogP contribution in [-0.4, -0.2) is 19.6 Å². The third-order valence-corrected chi connectivity index (χ3v) is 3.39. The molecule has 1 amide bonds. The first-order valence-electron chi connectivity index (χ1n) is 6.12. The van der Waals surface area contributed by atoms with Crippen molar-refractivity contribution < 1.29 is 9.53 Å². The molecule has 0 aliphatic heterocycles. The molecule has 0 atom stereocenters. The van der Waals surface area contributed by atoms with Crippen LogP contribution < -0.4 is 15.4 Å². The molecule has 0 saturated carbocycles. The quantitative estimate of drug-likeness (QED) is 0.879. The predicted molar refractivity (Wildman–Crippen MR) is 84.3 cm³/mol. The monoisotopic (exact) mass is 334 g/mol. The van der Waals surface area contributed by atoms with Crippen LogP contribution in [0.5, 0.6) is 5.75 Å². The van der Waals surface area contributed by atoms with E-state index in [0.717, 1.165) is 10.2 Å². The minimum absolute atomic E-state index is 0.134. The molecule has 0 saturated heterocycles. The highest BCUT2D eigenvalue weighted by molar-refractivity contribution is 9.10. The number of para-hydroxylation sites is 3. The van der Waals surface area contributed by atoms with Crippen LogP contribution in [0.3, 0.4) is 0 Å². The van der Waals surface area contributed by atoms with Crippen LogP contribution in [-0.2, 0) is 4.79 Å². The highest BCUT2D eigenvalue weighted by Crippen LogP contribution is 2.23. The molecule has 0 bridgehead atoms. The molecule has 0 aliphatic rings. The van der Waals surface area contributed by atoms with Gasteiger partial charge in [-0.3, -0.25) is 4.79 Å². The lowest BCUT2D eigenvalue weighted by Crippen LogP contribution is -2.22. The zero-order valence-corrected chi connectivity index (χ0v) is 12.6. The average Bonchev–Trinajstić information content (AvgIpc) is 2.47. The highest BCUT2D eigenvalue weighted by atomic mass is 79.9. The van der Waals surface area contributed by atoms with Crippen molar-refractivity contribution in [3.05, 3.63) is 53.0 Å². The highest BCUT2D eigenvalue weighted by Gasteiger charge is 2.07. The third-order valence-electron chi connectivity index (χ3n) is 2.69. The SMILES string of the molecule is COc1ccccc1NC(=O)CNc1ccccc1Br. The Hall–Kier alpha value is -2.01. The first-order valence-corrected chi connectivity index (χ1v) is 6.91. The summed E-state index contributed by atoms with van der Waals surface area (Å²) in [5.74, 6) is 0.506. The fraction of sp³-hybridized carbons (Fsp3) is 0.133. The van der Waals surface area contributed by atoms with Gasteiger partial charge in [0.05, 0.1) is 19.3 Å². The van der Waals surface area contributed by atoms with Gasteiger partial charge in [0.1, 0.15) is 5.75 Å². The number of nitrogens with one attached hydrogen (secondary N) is 2. The van der Waals surface area contributed by atoms with E-state index < -0.39 is 0 Å². The van der Waals surface area contributed by atoms with Crippen molar-refractivity contribution in [2.24, 2.45) is 0 Å². The van der Waals surface area contributed by atoms with Gasteiger partial charge in [0.2, 0.25) is 5.91 Å². The van der Waals surface area contributed by atoms with E-state index in [1.807, 2.05) is 36.4 Å². The molecule has 2 rings (SSSR count). The van der Waals surface area contributed by atoms with Crippen LogP contribution in [0, 0.1) is 0 Å². The first kappa shape index (κ1) is 14.4. The molecule has 0 spiro atoms. The molecule has 4 nitrogen and oxygen atoms in total. The molecule has 0 heterocycles. The van der Waals surface area contributed by atoms with Gasteiger partial charge in [-0.15, -0.1) is 0 Å². The lowest BCUT2D eigenvalue weighted by atomic mass is 10.3.